The van der Waals surface area contributed by atoms with Crippen LogP contribution in [-0.2, 0) is 16.2 Å². The molecule has 0 N–H and O–H groups in total. The fourth-order valence-electron chi connectivity index (χ4n) is 11.3. The van der Waals surface area contributed by atoms with Crippen LogP contribution in [0.5, 0.6) is 11.5 Å². The molecule has 2 aliphatic carbocycles. The smallest absolute Gasteiger partial charge is 0.266 e. The fraction of sp³-hybridized carbons (Fsp3) is 0.333. The Morgan fingerprint density at radius 2 is 0.885 bits per heavy atom. The highest BCUT2D eigenvalue weighted by Crippen LogP contribution is 2.64. The number of aromatic nitrogens is 1. The van der Waals surface area contributed by atoms with Crippen molar-refractivity contribution in [1.29, 1.82) is 0 Å². The molecule has 3 heterocycles. The van der Waals surface area contributed by atoms with Gasteiger partial charge < -0.3 is 18.3 Å². The van der Waals surface area contributed by atoms with Crippen molar-refractivity contribution in [3.63, 3.8) is 0 Å². The zero-order valence-electron chi connectivity index (χ0n) is 36.7. The Morgan fingerprint density at radius 1 is 0.508 bits per heavy atom. The van der Waals surface area contributed by atoms with Gasteiger partial charge in [-0.05, 0) is 169 Å². The van der Waals surface area contributed by atoms with Crippen LogP contribution >= 0.6 is 0 Å². The van der Waals surface area contributed by atoms with Crippen molar-refractivity contribution in [2.24, 2.45) is 0 Å². The van der Waals surface area contributed by atoms with Crippen molar-refractivity contribution in [1.82, 2.24) is 4.57 Å². The number of methoxy groups -OCH3 is 2. The maximum atomic E-state index is 14.5. The first kappa shape index (κ1) is 38.8. The van der Waals surface area contributed by atoms with E-state index in [-0.39, 0.29) is 27.0 Å². The predicted octanol–water partition coefficient (Wildman–Crippen LogP) is 10.2. The summed E-state index contributed by atoms with van der Waals surface area (Å²) in [5, 5.41) is 0.404. The van der Waals surface area contributed by atoms with E-state index in [0.717, 1.165) is 24.0 Å². The zero-order chi connectivity index (χ0) is 43.6. The summed E-state index contributed by atoms with van der Waals surface area (Å²) in [5.74, 6) is 0.614. The SMILES string of the molecule is COc1cc2c(cc1OC)C1(CC2(C)C)CC(C)(C)c2cc3oc4cc5c(=O)n(-c6c(C)c(C)c(N7C(=O)c8cc(C)c(C)cc8C7=O)c(C)c6C)c(=O)c5cc4oc3cc21. The summed E-state index contributed by atoms with van der Waals surface area (Å²) in [6.07, 6.45) is 1.76. The third-order valence-corrected chi connectivity index (χ3v) is 14.5. The second-order valence-corrected chi connectivity index (χ2v) is 18.9. The minimum absolute atomic E-state index is 0.146. The topological polar surface area (TPSA) is 121 Å². The zero-order valence-corrected chi connectivity index (χ0v) is 36.7. The maximum absolute atomic E-state index is 14.5. The van der Waals surface area contributed by atoms with E-state index in [9.17, 15) is 19.2 Å². The molecule has 1 spiro atoms. The quantitative estimate of drug-likeness (QED) is 0.127. The Bertz CT molecular complexity index is 3270. The van der Waals surface area contributed by atoms with Gasteiger partial charge >= 0.3 is 0 Å². The van der Waals surface area contributed by atoms with Crippen molar-refractivity contribution < 1.29 is 27.9 Å². The molecule has 3 aliphatic rings. The lowest BCUT2D eigenvalue weighted by Gasteiger charge is -2.30. The van der Waals surface area contributed by atoms with Gasteiger partial charge in [-0.2, -0.15) is 0 Å². The van der Waals surface area contributed by atoms with Gasteiger partial charge in [0, 0.05) is 5.41 Å². The van der Waals surface area contributed by atoms with Crippen LogP contribution in [0.3, 0.4) is 0 Å². The molecule has 0 fully saturated rings. The first-order chi connectivity index (χ1) is 28.7. The van der Waals surface area contributed by atoms with Gasteiger partial charge in [0.15, 0.2) is 33.8 Å². The van der Waals surface area contributed by atoms with Gasteiger partial charge in [0.05, 0.1) is 47.5 Å². The molecule has 10 nitrogen and oxygen atoms in total. The number of carbonyl (C=O) groups is 2. The summed E-state index contributed by atoms with van der Waals surface area (Å²) >= 11 is 0. The summed E-state index contributed by atoms with van der Waals surface area (Å²) in [4.78, 5) is 57.8. The van der Waals surface area contributed by atoms with Gasteiger partial charge in [-0.25, -0.2) is 9.47 Å². The molecule has 0 saturated carbocycles. The predicted molar refractivity (Wildman–Crippen MR) is 237 cm³/mol. The molecule has 2 aromatic heterocycles. The molecule has 61 heavy (non-hydrogen) atoms. The molecule has 310 valence electrons. The van der Waals surface area contributed by atoms with E-state index < -0.39 is 22.9 Å². The summed E-state index contributed by atoms with van der Waals surface area (Å²) < 4.78 is 26.0. The van der Waals surface area contributed by atoms with Crippen molar-refractivity contribution in [2.75, 3.05) is 19.1 Å². The molecule has 5 aromatic carbocycles. The monoisotopic (exact) mass is 816 g/mol. The van der Waals surface area contributed by atoms with Crippen LogP contribution in [0.1, 0.15) is 117 Å². The number of amides is 2. The Morgan fingerprint density at radius 3 is 1.34 bits per heavy atom. The van der Waals surface area contributed by atoms with Crippen molar-refractivity contribution in [3.8, 4) is 17.2 Å². The van der Waals surface area contributed by atoms with Crippen molar-refractivity contribution >= 4 is 50.6 Å². The van der Waals surface area contributed by atoms with E-state index in [1.165, 1.54) is 31.7 Å². The number of fused-ring (bicyclic) bond motifs is 8. The molecule has 0 saturated heterocycles. The van der Waals surface area contributed by atoms with Crippen LogP contribution in [0.15, 0.2) is 67.0 Å². The molecule has 7 aromatic rings. The molecule has 2 amide bonds. The van der Waals surface area contributed by atoms with E-state index in [1.807, 2.05) is 41.5 Å². The number of hydrogen-bond acceptors (Lipinski definition) is 8. The normalized spacial score (nSPS) is 18.5. The lowest BCUT2D eigenvalue weighted by molar-refractivity contribution is 0.0925. The van der Waals surface area contributed by atoms with E-state index >= 15 is 0 Å². The number of carbonyl (C=O) groups excluding carboxylic acids is 2. The molecule has 0 bridgehead atoms. The molecule has 1 atom stereocenters. The fourth-order valence-corrected chi connectivity index (χ4v) is 11.3. The number of ether oxygens (including phenoxy) is 2. The van der Waals surface area contributed by atoms with E-state index in [4.69, 9.17) is 18.3 Å². The van der Waals surface area contributed by atoms with Gasteiger partial charge in [-0.15, -0.1) is 0 Å². The van der Waals surface area contributed by atoms with Crippen LogP contribution in [0, 0.1) is 41.5 Å². The average Bonchev–Trinajstić information content (AvgIpc) is 3.77. The minimum Gasteiger partial charge on any atom is -0.493 e. The minimum atomic E-state index is -0.495. The average molecular weight is 817 g/mol. The van der Waals surface area contributed by atoms with Crippen molar-refractivity contribution in [3.05, 3.63) is 136 Å². The van der Waals surface area contributed by atoms with Gasteiger partial charge in [-0.3, -0.25) is 19.2 Å². The number of rotatable bonds is 4. The van der Waals surface area contributed by atoms with Gasteiger partial charge in [0.2, 0.25) is 0 Å². The summed E-state index contributed by atoms with van der Waals surface area (Å²) in [6, 6.07) is 15.2. The Labute approximate surface area is 352 Å². The first-order valence-electron chi connectivity index (χ1n) is 20.7. The van der Waals surface area contributed by atoms with Crippen LogP contribution in [0.2, 0.25) is 0 Å². The molecular weight excluding hydrogens is 769 g/mol. The Balaban J connectivity index is 1.12. The number of anilines is 1. The highest BCUT2D eigenvalue weighted by atomic mass is 16.5. The first-order valence-corrected chi connectivity index (χ1v) is 20.7. The van der Waals surface area contributed by atoms with Crippen molar-refractivity contribution in [2.45, 2.75) is 98.3 Å². The van der Waals surface area contributed by atoms with E-state index in [1.54, 1.807) is 38.5 Å². The summed E-state index contributed by atoms with van der Waals surface area (Å²) in [7, 11) is 3.33. The third kappa shape index (κ3) is 4.96. The van der Waals surface area contributed by atoms with Gasteiger partial charge in [0.25, 0.3) is 22.9 Å². The highest BCUT2D eigenvalue weighted by Gasteiger charge is 2.57. The molecule has 1 aliphatic heterocycles. The lowest BCUT2D eigenvalue weighted by atomic mass is 9.72. The lowest BCUT2D eigenvalue weighted by Crippen LogP contribution is -2.32. The number of benzene rings is 5. The maximum Gasteiger partial charge on any atom is 0.266 e. The molecule has 10 heteroatoms. The molecule has 10 rings (SSSR count). The van der Waals surface area contributed by atoms with Crippen LogP contribution in [0.4, 0.5) is 5.69 Å². The second-order valence-electron chi connectivity index (χ2n) is 18.9. The third-order valence-electron chi connectivity index (χ3n) is 14.5. The molecule has 0 radical (unpaired) electrons. The Kier molecular flexibility index (Phi) is 7.84. The van der Waals surface area contributed by atoms with Gasteiger partial charge in [0.1, 0.15) is 0 Å². The highest BCUT2D eigenvalue weighted by molar-refractivity contribution is 6.35. The largest absolute Gasteiger partial charge is 0.493 e. The van der Waals surface area contributed by atoms with Crippen LogP contribution in [-0.4, -0.2) is 30.6 Å². The van der Waals surface area contributed by atoms with Crippen LogP contribution < -0.4 is 25.5 Å². The second kappa shape index (κ2) is 12.3. The number of hydrogen-bond donors (Lipinski definition) is 0. The molecular formula is C51H48N2O8. The van der Waals surface area contributed by atoms with E-state index in [2.05, 4.69) is 52.0 Å². The number of imide groups is 1. The van der Waals surface area contributed by atoms with E-state index in [0.29, 0.717) is 78.6 Å². The summed E-state index contributed by atoms with van der Waals surface area (Å²) in [6.45, 7) is 20.2. The van der Waals surface area contributed by atoms with Gasteiger partial charge in [-0.1, -0.05) is 27.7 Å². The molecule has 1 unspecified atom stereocenters. The Hall–Kier alpha value is -6.42. The number of aryl methyl sites for hydroxylation is 2. The van der Waals surface area contributed by atoms with Crippen LogP contribution in [0.25, 0.3) is 38.8 Å². The number of nitrogens with zero attached hydrogens (tertiary/aromatic N) is 2. The summed E-state index contributed by atoms with van der Waals surface area (Å²) in [5.41, 5.74) is 10.8. The standard InChI is InChI=1S/C51H48N2O8/c1-23-13-29-30(14-24(23)2)46(55)52(45(29)54)43-25(3)27(5)44(28(6)26(43)4)53-47(56)31-15-39-40(16-32(31)48(53)57)61-42-20-36-34(18-41(42)60-39)50(9,10)22-51(36)21-49(7,8)33-17-37(58-11)38(59-12)19-35(33)51/h13-20H,21-22H2,1-12H3.